The molecule has 0 aromatic heterocycles. The van der Waals surface area contributed by atoms with Gasteiger partial charge in [-0.15, -0.1) is 0 Å². The molecule has 22 nitrogen and oxygen atoms in total. The molecule has 0 heterocycles. The summed E-state index contributed by atoms with van der Waals surface area (Å²) in [6, 6.07) is -7.55. The van der Waals surface area contributed by atoms with Gasteiger partial charge < -0.3 is 64.4 Å². The number of carboxylic acids is 1. The summed E-state index contributed by atoms with van der Waals surface area (Å²) < 4.78 is 0. The van der Waals surface area contributed by atoms with Crippen LogP contribution in [0.25, 0.3) is 0 Å². The largest absolute Gasteiger partial charge is 0.480 e. The highest BCUT2D eigenvalue weighted by atomic mass is 32.2. The number of hydrogen-bond donors (Lipinski definition) is 12. The minimum atomic E-state index is -1.26. The van der Waals surface area contributed by atoms with Crippen molar-refractivity contribution >= 4 is 70.9 Å². The van der Waals surface area contributed by atoms with Crippen molar-refractivity contribution in [3.8, 4) is 0 Å². The molecule has 9 amide bonds. The monoisotopic (exact) mass is 958 g/mol. The van der Waals surface area contributed by atoms with Gasteiger partial charge in [0.1, 0.15) is 42.8 Å². The summed E-state index contributed by atoms with van der Waals surface area (Å²) >= 11 is 1.42. The quantitative estimate of drug-likeness (QED) is 0.0328. The van der Waals surface area contributed by atoms with Crippen molar-refractivity contribution in [2.75, 3.05) is 38.2 Å². The van der Waals surface area contributed by atoms with Gasteiger partial charge in [0.25, 0.3) is 0 Å². The summed E-state index contributed by atoms with van der Waals surface area (Å²) in [5, 5.41) is 32.0. The molecule has 9 atom stereocenters. The summed E-state index contributed by atoms with van der Waals surface area (Å²) in [6.45, 7) is 14.3. The minimum absolute atomic E-state index is 0.102. The summed E-state index contributed by atoms with van der Waals surface area (Å²) in [6.07, 6.45) is 4.79. The Morgan fingerprint density at radius 3 is 1.55 bits per heavy atom. The number of amides is 9. The highest BCUT2D eigenvalue weighted by Gasteiger charge is 2.35. The summed E-state index contributed by atoms with van der Waals surface area (Å²) in [7, 11) is 0. The lowest BCUT2D eigenvalue weighted by Crippen LogP contribution is -2.60. The van der Waals surface area contributed by atoms with Crippen LogP contribution in [-0.4, -0.2) is 145 Å². The van der Waals surface area contributed by atoms with Crippen molar-refractivity contribution in [2.24, 2.45) is 35.1 Å². The topological polar surface area (TPSA) is 351 Å². The van der Waals surface area contributed by atoms with Gasteiger partial charge in [0.2, 0.25) is 53.2 Å². The van der Waals surface area contributed by atoms with Crippen molar-refractivity contribution in [3.63, 3.8) is 0 Å². The van der Waals surface area contributed by atoms with Crippen molar-refractivity contribution < 1.29 is 53.1 Å². The van der Waals surface area contributed by atoms with Crippen LogP contribution in [0.3, 0.4) is 0 Å². The molecule has 23 heteroatoms. The first kappa shape index (κ1) is 61.0. The SMILES string of the molecule is CC[C@H](C)[C@H](NC(=O)[C@H](C)NC(=O)CNC(=O)[C@@H](N)CCCCN)C(=O)N[C@H](C(=O)NCC(=O)N[C@@H](CC(C)C)C(=O)N[C@@H](CCSC)C(=O)N[C@H](C(=O)NCC(=O)O)C(C)C)[C@@H](C)CC. The number of nitrogens with one attached hydrogen (secondary N) is 9. The second kappa shape index (κ2) is 32.6. The standard InChI is InChI=1S/C43H79N11O11S/c1-11-25(7)35(54-43(65)36(26(8)12-2)53-37(59)27(9)49-31(55)20-46-38(60)28(45)15-13-14-17-44)42(64)47-21-32(56)50-30(19-23(3)4)40(62)51-29(16-18-66-10)39(61)52-34(24(5)6)41(63)48-22-33(57)58/h23-30,34-36H,11-22,44-45H2,1-10H3,(H,46,60)(H,47,64)(H,48,63)(H,49,55)(H,50,56)(H,51,62)(H,52,61)(H,53,59)(H,54,65)(H,57,58)/t25-,26-,27-,28-,29-,30-,34-,35-,36-/m0/s1. The molecule has 0 aliphatic heterocycles. The van der Waals surface area contributed by atoms with E-state index in [4.69, 9.17) is 16.6 Å². The average Bonchev–Trinajstić information content (AvgIpc) is 3.26. The van der Waals surface area contributed by atoms with Crippen molar-refractivity contribution in [2.45, 2.75) is 150 Å². The van der Waals surface area contributed by atoms with E-state index in [1.807, 2.05) is 27.0 Å². The van der Waals surface area contributed by atoms with E-state index in [1.165, 1.54) is 18.7 Å². The smallest absolute Gasteiger partial charge is 0.322 e. The van der Waals surface area contributed by atoms with E-state index in [0.717, 1.165) is 0 Å². The Balaban J connectivity index is 5.84. The second-order valence-corrected chi connectivity index (χ2v) is 18.3. The highest BCUT2D eigenvalue weighted by molar-refractivity contribution is 7.98. The number of hydrogen-bond acceptors (Lipinski definition) is 13. The zero-order valence-corrected chi connectivity index (χ0v) is 41.2. The molecule has 0 spiro atoms. The maximum Gasteiger partial charge on any atom is 0.322 e. The van der Waals surface area contributed by atoms with E-state index in [-0.39, 0.29) is 18.8 Å². The third kappa shape index (κ3) is 23.9. The summed E-state index contributed by atoms with van der Waals surface area (Å²) in [5.41, 5.74) is 11.3. The van der Waals surface area contributed by atoms with Gasteiger partial charge in [0.15, 0.2) is 0 Å². The van der Waals surface area contributed by atoms with E-state index in [1.54, 1.807) is 34.6 Å². The fourth-order valence-corrected chi connectivity index (χ4v) is 6.76. The molecule has 0 aromatic carbocycles. The second-order valence-electron chi connectivity index (χ2n) is 17.3. The molecular weight excluding hydrogens is 879 g/mol. The molecule has 0 aliphatic carbocycles. The predicted octanol–water partition coefficient (Wildman–Crippen LogP) is -1.65. The van der Waals surface area contributed by atoms with Crippen LogP contribution in [0.2, 0.25) is 0 Å². The average molecular weight is 958 g/mol. The van der Waals surface area contributed by atoms with E-state index in [9.17, 15) is 47.9 Å². The van der Waals surface area contributed by atoms with Gasteiger partial charge in [0, 0.05) is 0 Å². The lowest BCUT2D eigenvalue weighted by molar-refractivity contribution is -0.139. The summed E-state index contributed by atoms with van der Waals surface area (Å²) in [5.74, 6) is -8.22. The van der Waals surface area contributed by atoms with Crippen LogP contribution in [0.1, 0.15) is 107 Å². The zero-order valence-electron chi connectivity index (χ0n) is 40.4. The Morgan fingerprint density at radius 1 is 0.545 bits per heavy atom. The van der Waals surface area contributed by atoms with E-state index in [0.29, 0.717) is 44.4 Å². The Labute approximate surface area is 393 Å². The first-order valence-corrected chi connectivity index (χ1v) is 24.1. The fourth-order valence-electron chi connectivity index (χ4n) is 6.29. The number of rotatable bonds is 33. The fraction of sp³-hybridized carbons (Fsp3) is 0.767. The highest BCUT2D eigenvalue weighted by Crippen LogP contribution is 2.14. The molecule has 0 radical (unpaired) electrons. The molecule has 378 valence electrons. The first-order valence-electron chi connectivity index (χ1n) is 22.7. The van der Waals surface area contributed by atoms with E-state index >= 15 is 0 Å². The van der Waals surface area contributed by atoms with Crippen LogP contribution in [-0.2, 0) is 47.9 Å². The number of aliphatic carboxylic acids is 1. The summed E-state index contributed by atoms with van der Waals surface area (Å²) in [4.78, 5) is 130. The van der Waals surface area contributed by atoms with Gasteiger partial charge in [-0.3, -0.25) is 47.9 Å². The number of thioether (sulfide) groups is 1. The third-order valence-corrected chi connectivity index (χ3v) is 11.4. The number of carboxylic acid groups (broad SMARTS) is 1. The Morgan fingerprint density at radius 2 is 1.03 bits per heavy atom. The lowest BCUT2D eigenvalue weighted by atomic mass is 9.94. The Hall–Kier alpha value is -5.03. The van der Waals surface area contributed by atoms with Gasteiger partial charge in [-0.2, -0.15) is 11.8 Å². The van der Waals surface area contributed by atoms with Crippen LogP contribution >= 0.6 is 11.8 Å². The molecule has 0 bridgehead atoms. The normalized spacial score (nSPS) is 15.2. The molecule has 66 heavy (non-hydrogen) atoms. The van der Waals surface area contributed by atoms with E-state index in [2.05, 4.69) is 47.9 Å². The van der Waals surface area contributed by atoms with Crippen LogP contribution in [0.15, 0.2) is 0 Å². The van der Waals surface area contributed by atoms with Crippen LogP contribution in [0.4, 0.5) is 0 Å². The molecule has 0 saturated carbocycles. The first-order chi connectivity index (χ1) is 30.9. The Kier molecular flexibility index (Phi) is 30.1. The molecule has 0 fully saturated rings. The minimum Gasteiger partial charge on any atom is -0.480 e. The van der Waals surface area contributed by atoms with Crippen LogP contribution in [0, 0.1) is 23.7 Å². The molecule has 0 aromatic rings. The maximum atomic E-state index is 13.8. The number of unbranched alkanes of at least 4 members (excludes halogenated alkanes) is 1. The molecule has 0 rings (SSSR count). The van der Waals surface area contributed by atoms with Crippen molar-refractivity contribution in [1.82, 2.24) is 47.9 Å². The molecule has 0 aliphatic rings. The molecule has 0 unspecified atom stereocenters. The van der Waals surface area contributed by atoms with Crippen molar-refractivity contribution in [1.29, 1.82) is 0 Å². The maximum absolute atomic E-state index is 13.8. The molecule has 14 N–H and O–H groups in total. The van der Waals surface area contributed by atoms with Crippen LogP contribution in [0.5, 0.6) is 0 Å². The van der Waals surface area contributed by atoms with Gasteiger partial charge in [-0.1, -0.05) is 74.7 Å². The van der Waals surface area contributed by atoms with Crippen molar-refractivity contribution in [3.05, 3.63) is 0 Å². The lowest BCUT2D eigenvalue weighted by Gasteiger charge is -2.29. The predicted molar refractivity (Wildman–Crippen MR) is 251 cm³/mol. The number of carbonyl (C=O) groups is 10. The van der Waals surface area contributed by atoms with Gasteiger partial charge in [-0.25, -0.2) is 0 Å². The molecule has 0 saturated heterocycles. The van der Waals surface area contributed by atoms with E-state index < -0.39 is 139 Å². The van der Waals surface area contributed by atoms with Gasteiger partial charge in [-0.05, 0) is 74.8 Å². The Bertz CT molecular complexity index is 1620. The number of carbonyl (C=O) groups excluding carboxylic acids is 9. The number of nitrogens with two attached hydrogens (primary N) is 2. The molecular formula is C43H79N11O11S. The van der Waals surface area contributed by atoms with Gasteiger partial charge in [0.05, 0.1) is 19.1 Å². The third-order valence-electron chi connectivity index (χ3n) is 10.8. The zero-order chi connectivity index (χ0) is 50.7. The van der Waals surface area contributed by atoms with Crippen LogP contribution < -0.4 is 59.3 Å². The van der Waals surface area contributed by atoms with Gasteiger partial charge >= 0.3 is 5.97 Å².